The van der Waals surface area contributed by atoms with Crippen molar-refractivity contribution in [2.75, 3.05) is 7.05 Å². The van der Waals surface area contributed by atoms with Crippen LogP contribution in [0.15, 0.2) is 11.8 Å². The van der Waals surface area contributed by atoms with E-state index in [0.29, 0.717) is 6.04 Å². The maximum atomic E-state index is 2.68. The van der Waals surface area contributed by atoms with Gasteiger partial charge in [-0.25, -0.2) is 0 Å². The molecule has 0 spiro atoms. The molecule has 0 aliphatic heterocycles. The van der Waals surface area contributed by atoms with Crippen LogP contribution in [0.5, 0.6) is 0 Å². The number of rotatable bonds is 9. The second-order valence-corrected chi connectivity index (χ2v) is 9.65. The first-order valence-electron chi connectivity index (χ1n) is 11.4. The Morgan fingerprint density at radius 3 is 2.20 bits per heavy atom. The Morgan fingerprint density at radius 2 is 1.68 bits per heavy atom. The molecule has 0 aromatic heterocycles. The molecule has 0 amide bonds. The van der Waals surface area contributed by atoms with E-state index < -0.39 is 0 Å². The maximum absolute atomic E-state index is 2.68. The summed E-state index contributed by atoms with van der Waals surface area (Å²) in [6, 6.07) is 0.702. The van der Waals surface area contributed by atoms with Gasteiger partial charge in [-0.2, -0.15) is 0 Å². The van der Waals surface area contributed by atoms with Crippen molar-refractivity contribution in [3.05, 3.63) is 11.8 Å². The summed E-state index contributed by atoms with van der Waals surface area (Å²) in [6.45, 7) is 12.1. The lowest BCUT2D eigenvalue weighted by molar-refractivity contribution is 0.150. The Hall–Kier alpha value is -0.460. The molecular weight excluding hydrogens is 302 g/mol. The quantitative estimate of drug-likeness (QED) is 0.423. The fourth-order valence-corrected chi connectivity index (χ4v) is 5.34. The largest absolute Gasteiger partial charge is 0.375 e. The van der Waals surface area contributed by atoms with Crippen LogP contribution >= 0.6 is 0 Å². The van der Waals surface area contributed by atoms with Crippen molar-refractivity contribution < 1.29 is 0 Å². The monoisotopic (exact) mass is 347 g/mol. The predicted octanol–water partition coefficient (Wildman–Crippen LogP) is 7.28. The highest BCUT2D eigenvalue weighted by Crippen LogP contribution is 2.39. The van der Waals surface area contributed by atoms with Crippen LogP contribution < -0.4 is 0 Å². The predicted molar refractivity (Wildman–Crippen MR) is 112 cm³/mol. The third-order valence-electron chi connectivity index (χ3n) is 7.64. The topological polar surface area (TPSA) is 3.24 Å². The first-order chi connectivity index (χ1) is 11.9. The zero-order valence-corrected chi connectivity index (χ0v) is 18.1. The van der Waals surface area contributed by atoms with Crippen molar-refractivity contribution in [3.63, 3.8) is 0 Å². The van der Waals surface area contributed by atoms with Crippen molar-refractivity contribution in [1.29, 1.82) is 0 Å². The molecule has 0 N–H and O–H groups in total. The second-order valence-electron chi connectivity index (χ2n) is 9.65. The summed E-state index contributed by atoms with van der Waals surface area (Å²) in [4.78, 5) is 2.68. The van der Waals surface area contributed by atoms with Crippen molar-refractivity contribution in [1.82, 2.24) is 4.90 Å². The van der Waals surface area contributed by atoms with Crippen molar-refractivity contribution in [3.8, 4) is 0 Å². The van der Waals surface area contributed by atoms with Gasteiger partial charge < -0.3 is 4.90 Å². The molecule has 0 aromatic carbocycles. The lowest BCUT2D eigenvalue weighted by atomic mass is 9.79. The minimum atomic E-state index is 0.702. The number of hydrogen-bond donors (Lipinski definition) is 0. The molecule has 1 nitrogen and oxygen atoms in total. The first kappa shape index (κ1) is 20.8. The van der Waals surface area contributed by atoms with Crippen LogP contribution in [-0.4, -0.2) is 18.0 Å². The molecular formula is C24H45N. The lowest BCUT2D eigenvalue weighted by Crippen LogP contribution is -2.39. The Balaban J connectivity index is 1.99. The van der Waals surface area contributed by atoms with Gasteiger partial charge in [0, 0.05) is 18.8 Å². The van der Waals surface area contributed by atoms with Gasteiger partial charge in [-0.1, -0.05) is 72.3 Å². The summed E-state index contributed by atoms with van der Waals surface area (Å²) in [7, 11) is 2.39. The molecule has 4 unspecified atom stereocenters. The summed E-state index contributed by atoms with van der Waals surface area (Å²) in [5, 5.41) is 0. The third kappa shape index (κ3) is 5.76. The van der Waals surface area contributed by atoms with Crippen LogP contribution in [0, 0.1) is 29.6 Å². The number of hydrogen-bond acceptors (Lipinski definition) is 1. The standard InChI is InChI=1S/C24H45N/c1-7-19(4)21-13-15-23(16-14-21)25(6)20(5)24(17-12-18(2)3)22-10-8-9-11-22/h15,18-22,24H,7-14,16-17H2,1-6H3. The Kier molecular flexibility index (Phi) is 8.36. The molecule has 1 heteroatoms. The lowest BCUT2D eigenvalue weighted by Gasteiger charge is -2.40. The summed E-state index contributed by atoms with van der Waals surface area (Å²) >= 11 is 0. The SMILES string of the molecule is CCC(C)C1CC=C(N(C)C(C)C(CCC(C)C)C2CCCC2)CC1. The van der Waals surface area contributed by atoms with Gasteiger partial charge in [-0.3, -0.25) is 0 Å². The van der Waals surface area contributed by atoms with Gasteiger partial charge in [0.1, 0.15) is 0 Å². The van der Waals surface area contributed by atoms with Crippen LogP contribution in [0.25, 0.3) is 0 Å². The maximum Gasteiger partial charge on any atom is 0.0286 e. The molecule has 0 radical (unpaired) electrons. The molecule has 0 aromatic rings. The highest BCUT2D eigenvalue weighted by molar-refractivity contribution is 5.07. The van der Waals surface area contributed by atoms with E-state index in [-0.39, 0.29) is 0 Å². The van der Waals surface area contributed by atoms with Crippen LogP contribution in [0.3, 0.4) is 0 Å². The molecule has 25 heavy (non-hydrogen) atoms. The van der Waals surface area contributed by atoms with Gasteiger partial charge in [0.2, 0.25) is 0 Å². The third-order valence-corrected chi connectivity index (χ3v) is 7.64. The van der Waals surface area contributed by atoms with E-state index in [9.17, 15) is 0 Å². The van der Waals surface area contributed by atoms with Crippen LogP contribution in [0.1, 0.15) is 98.8 Å². The van der Waals surface area contributed by atoms with Crippen molar-refractivity contribution in [2.45, 2.75) is 105 Å². The Labute approximate surface area is 158 Å². The van der Waals surface area contributed by atoms with Gasteiger partial charge in [-0.05, 0) is 62.2 Å². The van der Waals surface area contributed by atoms with Gasteiger partial charge in [-0.15, -0.1) is 0 Å². The summed E-state index contributed by atoms with van der Waals surface area (Å²) < 4.78 is 0. The highest BCUT2D eigenvalue weighted by Gasteiger charge is 2.32. The van der Waals surface area contributed by atoms with E-state index in [4.69, 9.17) is 0 Å². The average molecular weight is 348 g/mol. The van der Waals surface area contributed by atoms with E-state index in [1.54, 1.807) is 5.70 Å². The molecule has 0 saturated heterocycles. The van der Waals surface area contributed by atoms with E-state index in [1.807, 2.05) is 0 Å². The van der Waals surface area contributed by atoms with Gasteiger partial charge in [0.05, 0.1) is 0 Å². The van der Waals surface area contributed by atoms with Gasteiger partial charge >= 0.3 is 0 Å². The van der Waals surface area contributed by atoms with Gasteiger partial charge in [0.15, 0.2) is 0 Å². The number of nitrogens with zero attached hydrogens (tertiary/aromatic N) is 1. The summed E-state index contributed by atoms with van der Waals surface area (Å²) in [5.74, 6) is 4.52. The normalized spacial score (nSPS) is 25.7. The van der Waals surface area contributed by atoms with E-state index in [0.717, 1.165) is 29.6 Å². The molecule has 0 bridgehead atoms. The van der Waals surface area contributed by atoms with Crippen LogP contribution in [-0.2, 0) is 0 Å². The molecule has 146 valence electrons. The minimum absolute atomic E-state index is 0.702. The summed E-state index contributed by atoms with van der Waals surface area (Å²) in [6.07, 6.45) is 16.7. The first-order valence-corrected chi connectivity index (χ1v) is 11.4. The Morgan fingerprint density at radius 1 is 1.00 bits per heavy atom. The van der Waals surface area contributed by atoms with E-state index >= 15 is 0 Å². The molecule has 4 atom stereocenters. The molecule has 2 aliphatic rings. The number of allylic oxidation sites excluding steroid dienone is 2. The van der Waals surface area contributed by atoms with Crippen molar-refractivity contribution >= 4 is 0 Å². The fourth-order valence-electron chi connectivity index (χ4n) is 5.34. The smallest absolute Gasteiger partial charge is 0.0286 e. The van der Waals surface area contributed by atoms with E-state index in [2.05, 4.69) is 52.6 Å². The fraction of sp³-hybridized carbons (Fsp3) is 0.917. The second kappa shape index (κ2) is 10.0. The summed E-state index contributed by atoms with van der Waals surface area (Å²) in [5.41, 5.74) is 1.64. The van der Waals surface area contributed by atoms with Gasteiger partial charge in [0.25, 0.3) is 0 Å². The minimum Gasteiger partial charge on any atom is -0.375 e. The Bertz CT molecular complexity index is 404. The van der Waals surface area contributed by atoms with E-state index in [1.165, 1.54) is 64.2 Å². The average Bonchev–Trinajstić information content (AvgIpc) is 3.14. The molecule has 1 saturated carbocycles. The van der Waals surface area contributed by atoms with Crippen molar-refractivity contribution in [2.24, 2.45) is 29.6 Å². The molecule has 2 rings (SSSR count). The van der Waals surface area contributed by atoms with Crippen LogP contribution in [0.4, 0.5) is 0 Å². The molecule has 0 heterocycles. The zero-order chi connectivity index (χ0) is 18.4. The highest BCUT2D eigenvalue weighted by atomic mass is 15.1. The zero-order valence-electron chi connectivity index (χ0n) is 18.1. The molecule has 2 aliphatic carbocycles. The molecule has 1 fully saturated rings. The van der Waals surface area contributed by atoms with Crippen LogP contribution in [0.2, 0.25) is 0 Å².